The van der Waals surface area contributed by atoms with E-state index in [0.717, 1.165) is 0 Å². The fraction of sp³-hybridized carbons (Fsp3) is 0.250. The van der Waals surface area contributed by atoms with E-state index in [4.69, 9.17) is 5.14 Å². The van der Waals surface area contributed by atoms with E-state index < -0.39 is 10.0 Å². The van der Waals surface area contributed by atoms with Crippen molar-refractivity contribution in [2.45, 2.75) is 13.8 Å². The second-order valence-electron chi connectivity index (χ2n) is 2.28. The zero-order valence-corrected chi connectivity index (χ0v) is 8.06. The predicted molar refractivity (Wildman–Crippen MR) is 50.8 cm³/mol. The minimum absolute atomic E-state index is 0.141. The van der Waals surface area contributed by atoms with Gasteiger partial charge in [0, 0.05) is 0 Å². The Labute approximate surface area is 73.3 Å². The Kier molecular flexibility index (Phi) is 3.92. The summed E-state index contributed by atoms with van der Waals surface area (Å²) in [7, 11) is -3.59. The average molecular weight is 187 g/mol. The lowest BCUT2D eigenvalue weighted by molar-refractivity contribution is 0.604. The highest BCUT2D eigenvalue weighted by molar-refractivity contribution is 7.93. The Balaban J connectivity index is 5.12. The third-order valence-electron chi connectivity index (χ3n) is 1.33. The molecule has 0 aromatic rings. The molecule has 0 aromatic heterocycles. The number of rotatable bonds is 3. The summed E-state index contributed by atoms with van der Waals surface area (Å²) in [6.07, 6.45) is 4.58. The van der Waals surface area contributed by atoms with Gasteiger partial charge in [-0.05, 0) is 19.4 Å². The summed E-state index contributed by atoms with van der Waals surface area (Å²) in [5.41, 5.74) is 0.593. The lowest BCUT2D eigenvalue weighted by Crippen LogP contribution is -2.15. The lowest BCUT2D eigenvalue weighted by atomic mass is 10.2. The van der Waals surface area contributed by atoms with Crippen molar-refractivity contribution < 1.29 is 8.42 Å². The van der Waals surface area contributed by atoms with Crippen LogP contribution in [-0.2, 0) is 10.0 Å². The van der Waals surface area contributed by atoms with Crippen LogP contribution in [0.2, 0.25) is 0 Å². The Hall–Kier alpha value is -0.870. The topological polar surface area (TPSA) is 60.2 Å². The Bertz CT molecular complexity index is 323. The first-order valence-electron chi connectivity index (χ1n) is 3.42. The molecule has 0 rings (SSSR count). The fourth-order valence-electron chi connectivity index (χ4n) is 0.875. The summed E-state index contributed by atoms with van der Waals surface area (Å²) < 4.78 is 21.8. The first-order valence-corrected chi connectivity index (χ1v) is 4.97. The zero-order valence-electron chi connectivity index (χ0n) is 7.24. The molecule has 0 fully saturated rings. The van der Waals surface area contributed by atoms with E-state index in [9.17, 15) is 8.42 Å². The van der Waals surface area contributed by atoms with Gasteiger partial charge in [-0.3, -0.25) is 0 Å². The predicted octanol–water partition coefficient (Wildman–Crippen LogP) is 1.31. The molecule has 0 amide bonds. The minimum atomic E-state index is -3.59. The third-order valence-corrected chi connectivity index (χ3v) is 2.50. The molecule has 0 saturated carbocycles. The molecule has 4 heteroatoms. The van der Waals surface area contributed by atoms with Crippen LogP contribution < -0.4 is 5.14 Å². The molecule has 0 bridgehead atoms. The molecule has 68 valence electrons. The van der Waals surface area contributed by atoms with Gasteiger partial charge in [-0.1, -0.05) is 24.8 Å². The molecule has 0 saturated heterocycles. The second-order valence-corrected chi connectivity index (χ2v) is 3.81. The molecule has 0 heterocycles. The summed E-state index contributed by atoms with van der Waals surface area (Å²) >= 11 is 0. The monoisotopic (exact) mass is 187 g/mol. The van der Waals surface area contributed by atoms with Crippen molar-refractivity contribution in [2.24, 2.45) is 5.14 Å². The van der Waals surface area contributed by atoms with Crippen molar-refractivity contribution >= 4 is 10.0 Å². The smallest absolute Gasteiger partial charge is 0.225 e. The molecular formula is C8H13NO2S. The molecule has 0 atom stereocenters. The van der Waals surface area contributed by atoms with Crippen LogP contribution in [0.25, 0.3) is 0 Å². The summed E-state index contributed by atoms with van der Waals surface area (Å²) in [4.78, 5) is 0.141. The number of hydrogen-bond donors (Lipinski definition) is 1. The number of allylic oxidation sites excluding steroid dienone is 4. The van der Waals surface area contributed by atoms with Gasteiger partial charge in [-0.2, -0.15) is 0 Å². The quantitative estimate of drug-likeness (QED) is 0.677. The van der Waals surface area contributed by atoms with Gasteiger partial charge in [-0.25, -0.2) is 13.6 Å². The third kappa shape index (κ3) is 3.02. The molecule has 2 N–H and O–H groups in total. The highest BCUT2D eigenvalue weighted by atomic mass is 32.2. The van der Waals surface area contributed by atoms with Crippen molar-refractivity contribution in [2.75, 3.05) is 0 Å². The maximum atomic E-state index is 10.9. The average Bonchev–Trinajstić information content (AvgIpc) is 1.85. The first kappa shape index (κ1) is 11.1. The standard InChI is InChI=1S/C8H13NO2S/c1-4-6-7(3)8(5-2)12(9,10)11/h4-6H,1H2,2-3H3,(H2,9,10,11)/b7-6-,8-5+. The van der Waals surface area contributed by atoms with Crippen molar-refractivity contribution in [1.29, 1.82) is 0 Å². The van der Waals surface area contributed by atoms with Crippen LogP contribution in [0.1, 0.15) is 13.8 Å². The van der Waals surface area contributed by atoms with Gasteiger partial charge >= 0.3 is 0 Å². The summed E-state index contributed by atoms with van der Waals surface area (Å²) in [5.74, 6) is 0. The van der Waals surface area contributed by atoms with Gasteiger partial charge in [0.25, 0.3) is 0 Å². The Morgan fingerprint density at radius 1 is 1.50 bits per heavy atom. The Morgan fingerprint density at radius 2 is 2.00 bits per heavy atom. The van der Waals surface area contributed by atoms with Gasteiger partial charge in [-0.15, -0.1) is 0 Å². The maximum absolute atomic E-state index is 10.9. The van der Waals surface area contributed by atoms with Crippen LogP contribution in [0.3, 0.4) is 0 Å². The van der Waals surface area contributed by atoms with Gasteiger partial charge in [0.15, 0.2) is 0 Å². The largest absolute Gasteiger partial charge is 0.237 e. The summed E-state index contributed by atoms with van der Waals surface area (Å²) in [6, 6.07) is 0. The van der Waals surface area contributed by atoms with Crippen LogP contribution in [0.5, 0.6) is 0 Å². The van der Waals surface area contributed by atoms with Crippen LogP contribution in [0, 0.1) is 0 Å². The van der Waals surface area contributed by atoms with E-state index >= 15 is 0 Å². The number of sulfonamides is 1. The highest BCUT2D eigenvalue weighted by Gasteiger charge is 2.11. The molecule has 0 spiro atoms. The molecular weight excluding hydrogens is 174 g/mol. The molecule has 0 radical (unpaired) electrons. The van der Waals surface area contributed by atoms with Gasteiger partial charge in [0.1, 0.15) is 0 Å². The van der Waals surface area contributed by atoms with Crippen LogP contribution >= 0.6 is 0 Å². The van der Waals surface area contributed by atoms with Crippen LogP contribution in [0.4, 0.5) is 0 Å². The molecule has 0 aliphatic rings. The van der Waals surface area contributed by atoms with E-state index in [-0.39, 0.29) is 4.91 Å². The second kappa shape index (κ2) is 4.23. The van der Waals surface area contributed by atoms with Crippen LogP contribution in [-0.4, -0.2) is 8.42 Å². The van der Waals surface area contributed by atoms with E-state index in [1.807, 2.05) is 0 Å². The van der Waals surface area contributed by atoms with Crippen molar-refractivity contribution in [3.8, 4) is 0 Å². The van der Waals surface area contributed by atoms with Gasteiger partial charge in [0.05, 0.1) is 4.91 Å². The molecule has 0 aliphatic carbocycles. The first-order chi connectivity index (χ1) is 5.43. The number of hydrogen-bond acceptors (Lipinski definition) is 2. The fourth-order valence-corrected chi connectivity index (χ4v) is 1.72. The van der Waals surface area contributed by atoms with E-state index in [1.165, 1.54) is 12.2 Å². The summed E-state index contributed by atoms with van der Waals surface area (Å²) in [6.45, 7) is 6.75. The number of primary sulfonamides is 1. The van der Waals surface area contributed by atoms with Gasteiger partial charge < -0.3 is 0 Å². The molecule has 3 nitrogen and oxygen atoms in total. The lowest BCUT2D eigenvalue weighted by Gasteiger charge is -2.02. The van der Waals surface area contributed by atoms with E-state index in [2.05, 4.69) is 6.58 Å². The zero-order chi connectivity index (χ0) is 9.78. The van der Waals surface area contributed by atoms with Crippen LogP contribution in [0.15, 0.2) is 35.3 Å². The van der Waals surface area contributed by atoms with Gasteiger partial charge in [0.2, 0.25) is 10.0 Å². The molecule has 0 aromatic carbocycles. The Morgan fingerprint density at radius 3 is 2.25 bits per heavy atom. The molecule has 0 unspecified atom stereocenters. The SMILES string of the molecule is C=C/C=C(C)\C(=C/C)S(N)(=O)=O. The normalized spacial score (nSPS) is 14.6. The van der Waals surface area contributed by atoms with E-state index in [0.29, 0.717) is 5.57 Å². The summed E-state index contributed by atoms with van der Waals surface area (Å²) in [5, 5.41) is 4.95. The van der Waals surface area contributed by atoms with Crippen molar-refractivity contribution in [3.05, 3.63) is 35.3 Å². The molecule has 12 heavy (non-hydrogen) atoms. The number of nitrogens with two attached hydrogens (primary N) is 1. The maximum Gasteiger partial charge on any atom is 0.237 e. The highest BCUT2D eigenvalue weighted by Crippen LogP contribution is 2.13. The minimum Gasteiger partial charge on any atom is -0.225 e. The van der Waals surface area contributed by atoms with E-state index in [1.54, 1.807) is 19.9 Å². The van der Waals surface area contributed by atoms with Crippen molar-refractivity contribution in [1.82, 2.24) is 0 Å². The molecule has 0 aliphatic heterocycles. The van der Waals surface area contributed by atoms with Crippen molar-refractivity contribution in [3.63, 3.8) is 0 Å².